The second-order valence-electron chi connectivity index (χ2n) is 4.28. The SMILES string of the molecule is C=C(CC)CC(NC)c1ccc(C)nc1C. The topological polar surface area (TPSA) is 24.9 Å². The van der Waals surface area contributed by atoms with Crippen LogP contribution in [0.2, 0.25) is 0 Å². The van der Waals surface area contributed by atoms with Gasteiger partial charge in [0.25, 0.3) is 0 Å². The van der Waals surface area contributed by atoms with E-state index >= 15 is 0 Å². The lowest BCUT2D eigenvalue weighted by atomic mass is 9.97. The average Bonchev–Trinajstić information content (AvgIpc) is 2.26. The van der Waals surface area contributed by atoms with Crippen molar-refractivity contribution in [2.75, 3.05) is 7.05 Å². The second kappa shape index (κ2) is 5.80. The Morgan fingerprint density at radius 3 is 2.62 bits per heavy atom. The Balaban J connectivity index is 2.90. The van der Waals surface area contributed by atoms with Crippen molar-refractivity contribution in [2.24, 2.45) is 0 Å². The Labute approximate surface area is 98.8 Å². The van der Waals surface area contributed by atoms with Crippen molar-refractivity contribution in [3.05, 3.63) is 41.2 Å². The smallest absolute Gasteiger partial charge is 0.0423 e. The van der Waals surface area contributed by atoms with E-state index in [-0.39, 0.29) is 0 Å². The number of hydrogen-bond acceptors (Lipinski definition) is 2. The van der Waals surface area contributed by atoms with Crippen molar-refractivity contribution in [3.8, 4) is 0 Å². The molecule has 0 bridgehead atoms. The zero-order valence-corrected chi connectivity index (χ0v) is 10.8. The molecule has 1 aromatic heterocycles. The number of aryl methyl sites for hydroxylation is 2. The lowest BCUT2D eigenvalue weighted by Crippen LogP contribution is -2.18. The number of pyridine rings is 1. The van der Waals surface area contributed by atoms with Gasteiger partial charge in [-0.1, -0.05) is 25.1 Å². The molecule has 0 saturated heterocycles. The van der Waals surface area contributed by atoms with Crippen molar-refractivity contribution in [3.63, 3.8) is 0 Å². The van der Waals surface area contributed by atoms with Gasteiger partial charge < -0.3 is 5.32 Å². The zero-order chi connectivity index (χ0) is 12.1. The highest BCUT2D eigenvalue weighted by Crippen LogP contribution is 2.23. The molecule has 88 valence electrons. The summed E-state index contributed by atoms with van der Waals surface area (Å²) in [4.78, 5) is 4.51. The first kappa shape index (κ1) is 12.9. The fourth-order valence-electron chi connectivity index (χ4n) is 1.87. The van der Waals surface area contributed by atoms with E-state index in [9.17, 15) is 0 Å². The minimum atomic E-state index is 0.334. The van der Waals surface area contributed by atoms with Crippen molar-refractivity contribution in [2.45, 2.75) is 39.7 Å². The van der Waals surface area contributed by atoms with Crippen LogP contribution in [-0.2, 0) is 0 Å². The van der Waals surface area contributed by atoms with Gasteiger partial charge in [-0.15, -0.1) is 0 Å². The summed E-state index contributed by atoms with van der Waals surface area (Å²) in [7, 11) is 1.99. The molecule has 1 N–H and O–H groups in total. The highest BCUT2D eigenvalue weighted by molar-refractivity contribution is 5.26. The first-order chi connectivity index (χ1) is 7.58. The molecule has 0 saturated carbocycles. The van der Waals surface area contributed by atoms with Gasteiger partial charge in [-0.2, -0.15) is 0 Å². The van der Waals surface area contributed by atoms with Gasteiger partial charge in [-0.25, -0.2) is 0 Å². The van der Waals surface area contributed by atoms with Crippen LogP contribution in [0.4, 0.5) is 0 Å². The number of nitrogens with one attached hydrogen (secondary N) is 1. The monoisotopic (exact) mass is 218 g/mol. The molecule has 2 heteroatoms. The summed E-state index contributed by atoms with van der Waals surface area (Å²) in [6.07, 6.45) is 2.02. The largest absolute Gasteiger partial charge is 0.313 e. The average molecular weight is 218 g/mol. The summed E-state index contributed by atoms with van der Waals surface area (Å²) < 4.78 is 0. The molecular formula is C14H22N2. The Bertz CT molecular complexity index is 369. The van der Waals surface area contributed by atoms with Crippen LogP contribution in [0.1, 0.15) is 42.8 Å². The third kappa shape index (κ3) is 3.17. The van der Waals surface area contributed by atoms with Crippen LogP contribution < -0.4 is 5.32 Å². The zero-order valence-electron chi connectivity index (χ0n) is 10.8. The first-order valence-corrected chi connectivity index (χ1v) is 5.86. The second-order valence-corrected chi connectivity index (χ2v) is 4.28. The summed E-state index contributed by atoms with van der Waals surface area (Å²) >= 11 is 0. The molecule has 1 atom stereocenters. The summed E-state index contributed by atoms with van der Waals surface area (Å²) in [5.74, 6) is 0. The van der Waals surface area contributed by atoms with Crippen LogP contribution in [0.25, 0.3) is 0 Å². The lowest BCUT2D eigenvalue weighted by Gasteiger charge is -2.19. The van der Waals surface area contributed by atoms with Crippen molar-refractivity contribution < 1.29 is 0 Å². The summed E-state index contributed by atoms with van der Waals surface area (Å²) in [5.41, 5.74) is 4.75. The molecule has 1 heterocycles. The maximum Gasteiger partial charge on any atom is 0.0423 e. The molecule has 0 spiro atoms. The standard InChI is InChI=1S/C14H22N2/c1-6-10(2)9-14(15-5)13-8-7-11(3)16-12(13)4/h7-8,14-15H,2,6,9H2,1,3-5H3. The van der Waals surface area contributed by atoms with Crippen LogP contribution in [0.5, 0.6) is 0 Å². The minimum absolute atomic E-state index is 0.334. The molecule has 2 nitrogen and oxygen atoms in total. The fraction of sp³-hybridized carbons (Fsp3) is 0.500. The van der Waals surface area contributed by atoms with Gasteiger partial charge in [0.05, 0.1) is 0 Å². The fourth-order valence-corrected chi connectivity index (χ4v) is 1.87. The molecular weight excluding hydrogens is 196 g/mol. The number of nitrogens with zero attached hydrogens (tertiary/aromatic N) is 1. The van der Waals surface area contributed by atoms with Crippen LogP contribution in [-0.4, -0.2) is 12.0 Å². The number of hydrogen-bond donors (Lipinski definition) is 1. The Hall–Kier alpha value is -1.15. The molecule has 0 aliphatic heterocycles. The summed E-state index contributed by atoms with van der Waals surface area (Å²) in [6.45, 7) is 10.3. The molecule has 1 rings (SSSR count). The van der Waals surface area contributed by atoms with E-state index in [0.29, 0.717) is 6.04 Å². The predicted octanol–water partition coefficient (Wildman–Crippen LogP) is 3.32. The van der Waals surface area contributed by atoms with E-state index in [1.165, 1.54) is 11.1 Å². The maximum atomic E-state index is 4.51. The molecule has 0 amide bonds. The maximum absolute atomic E-state index is 4.51. The van der Waals surface area contributed by atoms with Crippen LogP contribution >= 0.6 is 0 Å². The molecule has 1 aromatic rings. The lowest BCUT2D eigenvalue weighted by molar-refractivity contribution is 0.576. The van der Waals surface area contributed by atoms with Crippen molar-refractivity contribution in [1.29, 1.82) is 0 Å². The molecule has 0 radical (unpaired) electrons. The van der Waals surface area contributed by atoms with E-state index in [2.05, 4.69) is 42.9 Å². The third-order valence-corrected chi connectivity index (χ3v) is 2.98. The normalized spacial score (nSPS) is 12.5. The van der Waals surface area contributed by atoms with Crippen LogP contribution in [0.15, 0.2) is 24.3 Å². The van der Waals surface area contributed by atoms with Crippen molar-refractivity contribution >= 4 is 0 Å². The first-order valence-electron chi connectivity index (χ1n) is 5.86. The van der Waals surface area contributed by atoms with Gasteiger partial charge in [0, 0.05) is 17.4 Å². The number of aromatic nitrogens is 1. The van der Waals surface area contributed by atoms with Crippen LogP contribution in [0, 0.1) is 13.8 Å². The molecule has 0 aliphatic carbocycles. The van der Waals surface area contributed by atoms with Gasteiger partial charge in [-0.05, 0) is 45.4 Å². The number of rotatable bonds is 5. The minimum Gasteiger partial charge on any atom is -0.313 e. The van der Waals surface area contributed by atoms with E-state index < -0.39 is 0 Å². The molecule has 0 aliphatic rings. The molecule has 1 unspecified atom stereocenters. The van der Waals surface area contributed by atoms with Gasteiger partial charge in [0.1, 0.15) is 0 Å². The van der Waals surface area contributed by atoms with Gasteiger partial charge >= 0.3 is 0 Å². The van der Waals surface area contributed by atoms with Crippen LogP contribution in [0.3, 0.4) is 0 Å². The summed E-state index contributed by atoms with van der Waals surface area (Å²) in [5, 5.41) is 3.34. The quantitative estimate of drug-likeness (QED) is 0.767. The summed E-state index contributed by atoms with van der Waals surface area (Å²) in [6, 6.07) is 4.57. The van der Waals surface area contributed by atoms with E-state index in [4.69, 9.17) is 0 Å². The highest BCUT2D eigenvalue weighted by Gasteiger charge is 2.13. The molecule has 16 heavy (non-hydrogen) atoms. The highest BCUT2D eigenvalue weighted by atomic mass is 14.9. The van der Waals surface area contributed by atoms with Crippen molar-refractivity contribution in [1.82, 2.24) is 10.3 Å². The predicted molar refractivity (Wildman–Crippen MR) is 69.6 cm³/mol. The van der Waals surface area contributed by atoms with E-state index in [0.717, 1.165) is 24.2 Å². The Morgan fingerprint density at radius 2 is 2.12 bits per heavy atom. The van der Waals surface area contributed by atoms with Gasteiger partial charge in [-0.3, -0.25) is 4.98 Å². The van der Waals surface area contributed by atoms with Gasteiger partial charge in [0.2, 0.25) is 0 Å². The van der Waals surface area contributed by atoms with E-state index in [1.54, 1.807) is 0 Å². The van der Waals surface area contributed by atoms with E-state index in [1.807, 2.05) is 14.0 Å². The third-order valence-electron chi connectivity index (χ3n) is 2.98. The molecule has 0 aromatic carbocycles. The molecule has 0 fully saturated rings. The Morgan fingerprint density at radius 1 is 1.44 bits per heavy atom. The Kier molecular flexibility index (Phi) is 4.69. The van der Waals surface area contributed by atoms with Gasteiger partial charge in [0.15, 0.2) is 0 Å².